The Morgan fingerprint density at radius 3 is 1.06 bits per heavy atom. The number of hydrogen-bond donors (Lipinski definition) is 0. The molecule has 0 saturated carbocycles. The summed E-state index contributed by atoms with van der Waals surface area (Å²) >= 11 is 0.905. The molecule has 3 nitrogen and oxygen atoms in total. The fourth-order valence-corrected chi connectivity index (χ4v) is 3.26. The zero-order valence-electron chi connectivity index (χ0n) is 13.1. The minimum absolute atomic E-state index is 0.659. The summed E-state index contributed by atoms with van der Waals surface area (Å²) in [7, 11) is 13.1. The van der Waals surface area contributed by atoms with Crippen LogP contribution in [0.2, 0.25) is 4.25 Å². The van der Waals surface area contributed by atoms with Crippen molar-refractivity contribution >= 4 is 16.5 Å². The van der Waals surface area contributed by atoms with Crippen molar-refractivity contribution < 1.29 is 0 Å². The summed E-state index contributed by atoms with van der Waals surface area (Å²) in [4.78, 5) is 6.98. The van der Waals surface area contributed by atoms with E-state index in [0.29, 0.717) is 4.25 Å². The van der Waals surface area contributed by atoms with Crippen molar-refractivity contribution in [1.82, 2.24) is 14.7 Å². The topological polar surface area (TPSA) is 9.72 Å². The average Bonchev–Trinajstić information content (AvgIpc) is 2.21. The third-order valence-corrected chi connectivity index (χ3v) is 6.63. The van der Waals surface area contributed by atoms with Crippen molar-refractivity contribution in [2.24, 2.45) is 0 Å². The zero-order chi connectivity index (χ0) is 13.5. The summed E-state index contributed by atoms with van der Waals surface area (Å²) < 4.78 is 0.659. The molecule has 0 atom stereocenters. The number of rotatable bonds is 9. The summed E-state index contributed by atoms with van der Waals surface area (Å²) in [5.41, 5.74) is 0. The first kappa shape index (κ1) is 17.4. The van der Waals surface area contributed by atoms with Crippen LogP contribution in [0.25, 0.3) is 0 Å². The predicted molar refractivity (Wildman–Crippen MR) is 82.1 cm³/mol. The van der Waals surface area contributed by atoms with E-state index in [-0.39, 0.29) is 0 Å². The van der Waals surface area contributed by atoms with Crippen LogP contribution < -0.4 is 0 Å². The van der Waals surface area contributed by atoms with Crippen molar-refractivity contribution in [3.8, 4) is 0 Å². The third-order valence-electron chi connectivity index (χ3n) is 3.49. The maximum absolute atomic E-state index is 2.33. The van der Waals surface area contributed by atoms with Crippen LogP contribution in [0.3, 0.4) is 0 Å². The van der Waals surface area contributed by atoms with Crippen LogP contribution in [0.1, 0.15) is 19.3 Å². The van der Waals surface area contributed by atoms with E-state index in [1.165, 1.54) is 38.9 Å². The first-order chi connectivity index (χ1) is 7.75. The Morgan fingerprint density at radius 2 is 0.882 bits per heavy atom. The molecular formula is C13H33GeN3. The van der Waals surface area contributed by atoms with E-state index < -0.39 is 0 Å². The molecule has 17 heavy (non-hydrogen) atoms. The van der Waals surface area contributed by atoms with Crippen molar-refractivity contribution in [2.45, 2.75) is 23.5 Å². The van der Waals surface area contributed by atoms with Gasteiger partial charge >= 0.3 is 117 Å². The van der Waals surface area contributed by atoms with Crippen LogP contribution in [0.15, 0.2) is 0 Å². The van der Waals surface area contributed by atoms with Crippen molar-refractivity contribution in [1.29, 1.82) is 0 Å². The molecule has 0 bridgehead atoms. The molecule has 0 spiro atoms. The second-order valence-corrected chi connectivity index (χ2v) is 10.9. The molecule has 0 aromatic heterocycles. The van der Waals surface area contributed by atoms with E-state index in [9.17, 15) is 0 Å². The second-order valence-electron chi connectivity index (χ2n) is 6.47. The molecule has 4 heteroatoms. The first-order valence-electron chi connectivity index (χ1n) is 6.69. The van der Waals surface area contributed by atoms with Gasteiger partial charge in [0.15, 0.2) is 0 Å². The molecule has 0 heterocycles. The molecule has 104 valence electrons. The Labute approximate surface area is 117 Å². The average molecular weight is 304 g/mol. The Balaban J connectivity index is 4.23. The molecule has 0 unspecified atom stereocenters. The molecule has 0 saturated heterocycles. The third kappa shape index (κ3) is 10.1. The van der Waals surface area contributed by atoms with Gasteiger partial charge in [-0.3, -0.25) is 0 Å². The molecule has 0 rings (SSSR count). The van der Waals surface area contributed by atoms with Gasteiger partial charge in [-0.15, -0.1) is 0 Å². The molecule has 0 aliphatic heterocycles. The molecule has 0 radical (unpaired) electrons. The van der Waals surface area contributed by atoms with E-state index in [1.54, 1.807) is 0 Å². The van der Waals surface area contributed by atoms with Crippen molar-refractivity contribution in [2.75, 3.05) is 61.9 Å². The molecule has 0 aliphatic rings. The summed E-state index contributed by atoms with van der Waals surface area (Å²) in [6.07, 6.45) is 4.13. The Hall–Kier alpha value is 0.423. The SMILES string of the molecule is CN(C)CC[C]([GeH3])(CCN(C)C)CCN(C)C. The van der Waals surface area contributed by atoms with Gasteiger partial charge in [0, 0.05) is 0 Å². The summed E-state index contributed by atoms with van der Waals surface area (Å²) in [6.45, 7) is 3.72. The molecule has 0 amide bonds. The van der Waals surface area contributed by atoms with E-state index in [2.05, 4.69) is 57.0 Å². The zero-order valence-corrected chi connectivity index (χ0v) is 17.3. The molecule has 0 aromatic carbocycles. The Morgan fingerprint density at radius 1 is 0.647 bits per heavy atom. The molecule has 0 aliphatic carbocycles. The van der Waals surface area contributed by atoms with Crippen LogP contribution in [-0.2, 0) is 0 Å². The monoisotopic (exact) mass is 305 g/mol. The van der Waals surface area contributed by atoms with Gasteiger partial charge in [0.05, 0.1) is 0 Å². The normalized spacial score (nSPS) is 13.2. The predicted octanol–water partition coefficient (Wildman–Crippen LogP) is 0.366. The van der Waals surface area contributed by atoms with E-state index in [4.69, 9.17) is 0 Å². The Kier molecular flexibility index (Phi) is 8.72. The van der Waals surface area contributed by atoms with E-state index in [0.717, 1.165) is 16.5 Å². The fourth-order valence-electron chi connectivity index (χ4n) is 1.86. The van der Waals surface area contributed by atoms with E-state index in [1.807, 2.05) is 0 Å². The summed E-state index contributed by atoms with van der Waals surface area (Å²) in [6, 6.07) is 0. The van der Waals surface area contributed by atoms with Gasteiger partial charge in [-0.25, -0.2) is 0 Å². The standard InChI is InChI=1S/C13H33GeN3/c1-15(2)10-7-13(14,8-11-16(3)4)9-12-17(5)6/h7-12H2,1-6,14H3. The van der Waals surface area contributed by atoms with E-state index >= 15 is 0 Å². The van der Waals surface area contributed by atoms with Gasteiger partial charge in [0.1, 0.15) is 0 Å². The number of hydrogen-bond acceptors (Lipinski definition) is 3. The van der Waals surface area contributed by atoms with Gasteiger partial charge in [-0.1, -0.05) is 0 Å². The van der Waals surface area contributed by atoms with Gasteiger partial charge in [-0.05, 0) is 0 Å². The molecule has 0 aromatic rings. The van der Waals surface area contributed by atoms with Gasteiger partial charge in [0.2, 0.25) is 0 Å². The molecular weight excluding hydrogens is 271 g/mol. The minimum atomic E-state index is 0.659. The van der Waals surface area contributed by atoms with Crippen LogP contribution in [0, 0.1) is 0 Å². The first-order valence-corrected chi connectivity index (χ1v) is 8.79. The maximum atomic E-state index is 2.33. The van der Waals surface area contributed by atoms with Crippen LogP contribution in [0.4, 0.5) is 0 Å². The summed E-state index contributed by atoms with van der Waals surface area (Å²) in [5.74, 6) is 0. The Bertz CT molecular complexity index is 162. The van der Waals surface area contributed by atoms with Gasteiger partial charge in [0.25, 0.3) is 0 Å². The molecule has 0 fully saturated rings. The van der Waals surface area contributed by atoms with Crippen LogP contribution in [-0.4, -0.2) is 93.1 Å². The quantitative estimate of drug-likeness (QED) is 0.570. The fraction of sp³-hybridized carbons (Fsp3) is 1.00. The van der Waals surface area contributed by atoms with Gasteiger partial charge < -0.3 is 0 Å². The summed E-state index contributed by atoms with van der Waals surface area (Å²) in [5, 5.41) is 0. The van der Waals surface area contributed by atoms with Crippen molar-refractivity contribution in [3.05, 3.63) is 0 Å². The number of nitrogens with zero attached hydrogens (tertiary/aromatic N) is 3. The van der Waals surface area contributed by atoms with Crippen LogP contribution >= 0.6 is 0 Å². The van der Waals surface area contributed by atoms with Crippen molar-refractivity contribution in [3.63, 3.8) is 0 Å². The van der Waals surface area contributed by atoms with Gasteiger partial charge in [-0.2, -0.15) is 0 Å². The second kappa shape index (κ2) is 8.51. The molecule has 0 N–H and O–H groups in total. The van der Waals surface area contributed by atoms with Crippen LogP contribution in [0.5, 0.6) is 0 Å².